The number of thioether (sulfide) groups is 1. The van der Waals surface area contributed by atoms with Crippen LogP contribution in [-0.4, -0.2) is 55.1 Å². The molecule has 1 spiro atoms. The molecule has 4 rings (SSSR count). The van der Waals surface area contributed by atoms with E-state index in [-0.39, 0.29) is 5.75 Å². The van der Waals surface area contributed by atoms with Crippen LogP contribution in [0.4, 0.5) is 0 Å². The fourth-order valence-electron chi connectivity index (χ4n) is 3.98. The lowest BCUT2D eigenvalue weighted by Gasteiger charge is -2.34. The third-order valence-electron chi connectivity index (χ3n) is 5.75. The van der Waals surface area contributed by atoms with Gasteiger partial charge in [0, 0.05) is 31.5 Å². The lowest BCUT2D eigenvalue weighted by molar-refractivity contribution is 0.248. The van der Waals surface area contributed by atoms with Crippen molar-refractivity contribution < 1.29 is 13.2 Å². The monoisotopic (exact) mass is 471 g/mol. The molecule has 2 aliphatic heterocycles. The Morgan fingerprint density at radius 1 is 1.03 bits per heavy atom. The predicted octanol–water partition coefficient (Wildman–Crippen LogP) is 4.36. The number of benzene rings is 2. The van der Waals surface area contributed by atoms with Crippen molar-refractivity contribution in [3.05, 3.63) is 65.7 Å². The molecule has 0 saturated carbocycles. The van der Waals surface area contributed by atoms with E-state index in [2.05, 4.69) is 6.92 Å². The third-order valence-corrected chi connectivity index (χ3v) is 8.77. The van der Waals surface area contributed by atoms with Crippen LogP contribution in [0.25, 0.3) is 0 Å². The van der Waals surface area contributed by atoms with Gasteiger partial charge in [0.2, 0.25) is 10.0 Å². The van der Waals surface area contributed by atoms with Gasteiger partial charge in [0.15, 0.2) is 5.66 Å². The first-order valence-corrected chi connectivity index (χ1v) is 13.5. The minimum atomic E-state index is -3.37. The molecule has 0 bridgehead atoms. The van der Waals surface area contributed by atoms with Crippen molar-refractivity contribution in [1.82, 2.24) is 4.31 Å². The molecule has 1 fully saturated rings. The smallest absolute Gasteiger partial charge is 0.218 e. The average Bonchev–Trinajstić information content (AvgIpc) is 3.16. The molecule has 0 N–H and O–H groups in total. The Morgan fingerprint density at radius 3 is 2.34 bits per heavy atom. The molecule has 0 amide bonds. The maximum atomic E-state index is 12.9. The molecule has 2 aliphatic rings. The Hall–Kier alpha value is -2.16. The van der Waals surface area contributed by atoms with Gasteiger partial charge in [0.25, 0.3) is 0 Å². The van der Waals surface area contributed by atoms with Gasteiger partial charge >= 0.3 is 0 Å². The zero-order valence-corrected chi connectivity index (χ0v) is 20.2. The van der Waals surface area contributed by atoms with Gasteiger partial charge in [0.1, 0.15) is 10.8 Å². The highest BCUT2D eigenvalue weighted by atomic mass is 32.2. The lowest BCUT2D eigenvalue weighted by Crippen LogP contribution is -2.44. The van der Waals surface area contributed by atoms with Crippen molar-refractivity contribution in [2.45, 2.75) is 37.6 Å². The molecule has 8 heteroatoms. The summed E-state index contributed by atoms with van der Waals surface area (Å²) in [6, 6.07) is 17.2. The molecule has 0 radical (unpaired) electrons. The normalized spacial score (nSPS) is 18.4. The summed E-state index contributed by atoms with van der Waals surface area (Å²) in [6.45, 7) is 3.02. The summed E-state index contributed by atoms with van der Waals surface area (Å²) < 4.78 is 32.8. The van der Waals surface area contributed by atoms with Crippen molar-refractivity contribution in [2.75, 3.05) is 26.0 Å². The van der Waals surface area contributed by atoms with Gasteiger partial charge < -0.3 is 4.74 Å². The largest absolute Gasteiger partial charge is 0.497 e. The minimum absolute atomic E-state index is 0.0298. The minimum Gasteiger partial charge on any atom is -0.497 e. The van der Waals surface area contributed by atoms with Crippen LogP contribution in [0.3, 0.4) is 0 Å². The molecule has 170 valence electrons. The molecule has 2 aromatic rings. The Balaban J connectivity index is 1.52. The molecule has 32 heavy (non-hydrogen) atoms. The summed E-state index contributed by atoms with van der Waals surface area (Å²) in [4.78, 5) is 10.1. The fraction of sp³-hybridized carbons (Fsp3) is 0.417. The molecular formula is C24H29N3O3S2. The van der Waals surface area contributed by atoms with Gasteiger partial charge in [0.05, 0.1) is 18.6 Å². The average molecular weight is 472 g/mol. The van der Waals surface area contributed by atoms with Crippen molar-refractivity contribution in [3.8, 4) is 5.75 Å². The van der Waals surface area contributed by atoms with Gasteiger partial charge in [-0.25, -0.2) is 17.7 Å². The number of ether oxygens (including phenoxy) is 1. The highest BCUT2D eigenvalue weighted by Crippen LogP contribution is 2.36. The molecule has 0 aliphatic carbocycles. The van der Waals surface area contributed by atoms with Crippen molar-refractivity contribution in [3.63, 3.8) is 0 Å². The first kappa shape index (κ1) is 23.0. The van der Waals surface area contributed by atoms with Crippen LogP contribution in [0.5, 0.6) is 5.75 Å². The molecule has 2 heterocycles. The topological polar surface area (TPSA) is 71.3 Å². The second-order valence-corrected chi connectivity index (χ2v) is 11.1. The second kappa shape index (κ2) is 9.77. The van der Waals surface area contributed by atoms with E-state index in [9.17, 15) is 8.42 Å². The van der Waals surface area contributed by atoms with Crippen LogP contribution >= 0.6 is 11.8 Å². The Morgan fingerprint density at radius 2 is 1.72 bits per heavy atom. The van der Waals surface area contributed by atoms with Crippen LogP contribution in [0.2, 0.25) is 0 Å². The zero-order valence-electron chi connectivity index (χ0n) is 18.5. The number of piperidine rings is 1. The third kappa shape index (κ3) is 5.08. The highest BCUT2D eigenvalue weighted by molar-refractivity contribution is 8.15. The quantitative estimate of drug-likeness (QED) is 0.601. The molecule has 0 atom stereocenters. The van der Waals surface area contributed by atoms with E-state index in [4.69, 9.17) is 14.7 Å². The van der Waals surface area contributed by atoms with Crippen molar-refractivity contribution in [2.24, 2.45) is 9.98 Å². The van der Waals surface area contributed by atoms with Crippen LogP contribution < -0.4 is 4.74 Å². The van der Waals surface area contributed by atoms with Crippen LogP contribution in [-0.2, 0) is 15.8 Å². The summed E-state index contributed by atoms with van der Waals surface area (Å²) in [5.41, 5.74) is 2.17. The molecular weight excluding hydrogens is 442 g/mol. The number of hydrogen-bond acceptors (Lipinski definition) is 6. The fourth-order valence-corrected chi connectivity index (χ4v) is 6.45. The summed E-state index contributed by atoms with van der Waals surface area (Å²) in [6.07, 6.45) is 2.24. The first-order valence-electron chi connectivity index (χ1n) is 10.9. The summed E-state index contributed by atoms with van der Waals surface area (Å²) >= 11 is 1.73. The van der Waals surface area contributed by atoms with E-state index in [1.807, 2.05) is 54.6 Å². The standard InChI is InChI=1S/C24H29N3O3S2/c1-3-17-31-23-22(20-9-11-21(30-2)12-10-20)25-24(26-23)13-15-27(16-14-24)32(28,29)18-19-7-5-4-6-8-19/h4-12H,3,13-18H2,1-2H3. The van der Waals surface area contributed by atoms with Gasteiger partial charge in [-0.05, 0) is 42.0 Å². The van der Waals surface area contributed by atoms with Crippen molar-refractivity contribution in [1.29, 1.82) is 0 Å². The number of sulfonamides is 1. The number of hydrogen-bond donors (Lipinski definition) is 0. The van der Waals surface area contributed by atoms with Gasteiger partial charge in [-0.1, -0.05) is 37.3 Å². The van der Waals surface area contributed by atoms with E-state index < -0.39 is 15.7 Å². The lowest BCUT2D eigenvalue weighted by atomic mass is 10.00. The predicted molar refractivity (Wildman–Crippen MR) is 132 cm³/mol. The number of aliphatic imine (C=N–C) groups is 2. The van der Waals surface area contributed by atoms with E-state index in [0.717, 1.165) is 39.8 Å². The SMILES string of the molecule is CCCSC1=NC2(CCN(S(=O)(=O)Cc3ccccc3)CC2)N=C1c1ccc(OC)cc1. The Kier molecular flexibility index (Phi) is 7.02. The van der Waals surface area contributed by atoms with Crippen LogP contribution in [0, 0.1) is 0 Å². The Labute approximate surface area is 194 Å². The first-order chi connectivity index (χ1) is 15.4. The molecule has 0 aromatic heterocycles. The second-order valence-electron chi connectivity index (χ2n) is 8.08. The van der Waals surface area contributed by atoms with Gasteiger partial charge in [-0.15, -0.1) is 11.8 Å². The number of methoxy groups -OCH3 is 1. The van der Waals surface area contributed by atoms with Crippen molar-refractivity contribution >= 4 is 32.5 Å². The number of nitrogens with zero attached hydrogens (tertiary/aromatic N) is 3. The summed E-state index contributed by atoms with van der Waals surface area (Å²) in [5.74, 6) is 1.81. The van der Waals surface area contributed by atoms with E-state index in [1.54, 1.807) is 23.2 Å². The number of rotatable bonds is 7. The molecule has 2 aromatic carbocycles. The molecule has 6 nitrogen and oxygen atoms in total. The van der Waals surface area contributed by atoms with Gasteiger partial charge in [-0.2, -0.15) is 0 Å². The van der Waals surface area contributed by atoms with Gasteiger partial charge in [-0.3, -0.25) is 4.99 Å². The maximum Gasteiger partial charge on any atom is 0.218 e. The highest BCUT2D eigenvalue weighted by Gasteiger charge is 2.42. The van der Waals surface area contributed by atoms with Crippen LogP contribution in [0.1, 0.15) is 37.3 Å². The summed E-state index contributed by atoms with van der Waals surface area (Å²) in [7, 11) is -1.71. The molecule has 1 saturated heterocycles. The molecule has 0 unspecified atom stereocenters. The van der Waals surface area contributed by atoms with Crippen LogP contribution in [0.15, 0.2) is 64.6 Å². The van der Waals surface area contributed by atoms with E-state index in [1.165, 1.54) is 0 Å². The summed E-state index contributed by atoms with van der Waals surface area (Å²) in [5, 5.41) is 0.956. The Bertz CT molecular complexity index is 1090. The maximum absolute atomic E-state index is 12.9. The zero-order chi connectivity index (χ0) is 22.6. The van der Waals surface area contributed by atoms with E-state index in [0.29, 0.717) is 25.9 Å². The van der Waals surface area contributed by atoms with E-state index >= 15 is 0 Å².